The van der Waals surface area contributed by atoms with Crippen molar-refractivity contribution in [3.8, 4) is 23.0 Å². The van der Waals surface area contributed by atoms with E-state index in [2.05, 4.69) is 14.7 Å². The number of para-hydroxylation sites is 1. The predicted molar refractivity (Wildman–Crippen MR) is 117 cm³/mol. The monoisotopic (exact) mass is 428 g/mol. The van der Waals surface area contributed by atoms with Crippen LogP contribution in [0.5, 0.6) is 11.5 Å². The molecule has 0 amide bonds. The van der Waals surface area contributed by atoms with E-state index in [-0.39, 0.29) is 18.1 Å². The lowest BCUT2D eigenvalue weighted by atomic mass is 10.1. The van der Waals surface area contributed by atoms with Gasteiger partial charge in [-0.1, -0.05) is 30.3 Å². The number of aromatic nitrogens is 2. The number of hydrogen-bond acceptors (Lipinski definition) is 7. The van der Waals surface area contributed by atoms with Gasteiger partial charge in [-0.25, -0.2) is 9.78 Å². The highest BCUT2D eigenvalue weighted by Crippen LogP contribution is 2.22. The summed E-state index contributed by atoms with van der Waals surface area (Å²) in [6.45, 7) is 0. The number of aryl methyl sites for hydroxylation is 1. The van der Waals surface area contributed by atoms with E-state index in [1.165, 1.54) is 19.5 Å². The van der Waals surface area contributed by atoms with Crippen LogP contribution in [0.3, 0.4) is 0 Å². The fraction of sp³-hybridized carbons (Fsp3) is 0.120. The zero-order valence-corrected chi connectivity index (χ0v) is 17.4. The average molecular weight is 428 g/mol. The van der Waals surface area contributed by atoms with Crippen molar-refractivity contribution in [2.24, 2.45) is 0 Å². The molecule has 160 valence electrons. The number of benzene rings is 2. The Kier molecular flexibility index (Phi) is 6.36. The summed E-state index contributed by atoms with van der Waals surface area (Å²) in [6, 6.07) is 20.3. The van der Waals surface area contributed by atoms with E-state index in [4.69, 9.17) is 9.15 Å². The third kappa shape index (κ3) is 5.07. The van der Waals surface area contributed by atoms with Gasteiger partial charge >= 0.3 is 5.97 Å². The van der Waals surface area contributed by atoms with E-state index in [9.17, 15) is 9.59 Å². The minimum Gasteiger partial charge on any atom is -0.465 e. The Hall–Kier alpha value is -4.26. The third-order valence-corrected chi connectivity index (χ3v) is 4.72. The lowest BCUT2D eigenvalue weighted by molar-refractivity contribution is 0.0600. The Morgan fingerprint density at radius 1 is 0.875 bits per heavy atom. The first kappa shape index (κ1) is 21.0. The molecule has 0 fully saturated rings. The van der Waals surface area contributed by atoms with Crippen molar-refractivity contribution in [2.75, 3.05) is 7.11 Å². The zero-order valence-electron chi connectivity index (χ0n) is 17.4. The normalized spacial score (nSPS) is 10.5. The van der Waals surface area contributed by atoms with Gasteiger partial charge in [0.05, 0.1) is 18.9 Å². The molecule has 0 aliphatic rings. The minimum atomic E-state index is -0.475. The highest BCUT2D eigenvalue weighted by atomic mass is 16.5. The van der Waals surface area contributed by atoms with Gasteiger partial charge in [0.25, 0.3) is 5.89 Å². The molecule has 0 aliphatic carbocycles. The van der Waals surface area contributed by atoms with Crippen molar-refractivity contribution >= 4 is 11.8 Å². The molecule has 4 aromatic rings. The number of ketones is 1. The van der Waals surface area contributed by atoms with Crippen molar-refractivity contribution in [1.29, 1.82) is 0 Å². The van der Waals surface area contributed by atoms with Crippen LogP contribution in [0.1, 0.15) is 33.0 Å². The Balaban J connectivity index is 1.34. The number of carbonyl (C=O) groups excluding carboxylic acids is 2. The SMILES string of the molecule is COC(=O)c1ccc(-c2cnc(C(=O)CCc3ccc(Oc4ccccc4)cc3)o2)nc1. The Labute approximate surface area is 184 Å². The third-order valence-electron chi connectivity index (χ3n) is 4.72. The quantitative estimate of drug-likeness (QED) is 0.284. The smallest absolute Gasteiger partial charge is 0.339 e. The van der Waals surface area contributed by atoms with Crippen molar-refractivity contribution in [3.05, 3.63) is 96.1 Å². The summed E-state index contributed by atoms with van der Waals surface area (Å²) in [5.74, 6) is 1.21. The zero-order chi connectivity index (χ0) is 22.3. The Morgan fingerprint density at radius 2 is 1.62 bits per heavy atom. The van der Waals surface area contributed by atoms with E-state index in [1.807, 2.05) is 54.6 Å². The lowest BCUT2D eigenvalue weighted by Gasteiger charge is -2.06. The summed E-state index contributed by atoms with van der Waals surface area (Å²) < 4.78 is 16.0. The fourth-order valence-electron chi connectivity index (χ4n) is 3.01. The van der Waals surface area contributed by atoms with Crippen LogP contribution in [-0.2, 0) is 11.2 Å². The maximum atomic E-state index is 12.5. The second kappa shape index (κ2) is 9.70. The van der Waals surface area contributed by atoms with E-state index < -0.39 is 5.97 Å². The van der Waals surface area contributed by atoms with Gasteiger partial charge in [-0.15, -0.1) is 0 Å². The van der Waals surface area contributed by atoms with Crippen LogP contribution in [-0.4, -0.2) is 28.8 Å². The molecule has 0 unspecified atom stereocenters. The second-order valence-electron chi connectivity index (χ2n) is 6.94. The Bertz CT molecular complexity index is 1200. The van der Waals surface area contributed by atoms with Gasteiger partial charge in [0.15, 0.2) is 5.76 Å². The van der Waals surface area contributed by atoms with Crippen molar-refractivity contribution < 1.29 is 23.5 Å². The summed E-state index contributed by atoms with van der Waals surface area (Å²) in [4.78, 5) is 32.2. The molecule has 2 aromatic heterocycles. The topological polar surface area (TPSA) is 91.5 Å². The van der Waals surface area contributed by atoms with Crippen LogP contribution in [0.25, 0.3) is 11.5 Å². The Morgan fingerprint density at radius 3 is 2.31 bits per heavy atom. The molecule has 0 spiro atoms. The summed E-state index contributed by atoms with van der Waals surface area (Å²) in [5.41, 5.74) is 1.80. The van der Waals surface area contributed by atoms with E-state index in [0.717, 1.165) is 17.1 Å². The number of hydrogen-bond donors (Lipinski definition) is 0. The molecule has 0 saturated carbocycles. The van der Waals surface area contributed by atoms with Crippen LogP contribution < -0.4 is 4.74 Å². The van der Waals surface area contributed by atoms with Gasteiger partial charge in [-0.2, -0.15) is 0 Å². The van der Waals surface area contributed by atoms with Gasteiger partial charge in [0.1, 0.15) is 17.2 Å². The van der Waals surface area contributed by atoms with Gasteiger partial charge in [0, 0.05) is 12.6 Å². The molecule has 0 saturated heterocycles. The number of nitrogens with zero attached hydrogens (tertiary/aromatic N) is 2. The van der Waals surface area contributed by atoms with Gasteiger partial charge in [0.2, 0.25) is 5.78 Å². The highest BCUT2D eigenvalue weighted by Gasteiger charge is 2.16. The summed E-state index contributed by atoms with van der Waals surface area (Å²) in [6.07, 6.45) is 3.64. The molecule has 4 rings (SSSR count). The molecule has 0 N–H and O–H groups in total. The molecular weight excluding hydrogens is 408 g/mol. The molecule has 0 aliphatic heterocycles. The van der Waals surface area contributed by atoms with Crippen molar-refractivity contribution in [2.45, 2.75) is 12.8 Å². The van der Waals surface area contributed by atoms with Gasteiger partial charge < -0.3 is 13.9 Å². The molecule has 0 atom stereocenters. The fourth-order valence-corrected chi connectivity index (χ4v) is 3.01. The molecule has 32 heavy (non-hydrogen) atoms. The van der Waals surface area contributed by atoms with Gasteiger partial charge in [-0.05, 0) is 48.4 Å². The van der Waals surface area contributed by atoms with Crippen molar-refractivity contribution in [1.82, 2.24) is 9.97 Å². The average Bonchev–Trinajstić information content (AvgIpc) is 3.34. The molecule has 0 bridgehead atoms. The maximum absolute atomic E-state index is 12.5. The lowest BCUT2D eigenvalue weighted by Crippen LogP contribution is -2.01. The van der Waals surface area contributed by atoms with Crippen LogP contribution >= 0.6 is 0 Å². The minimum absolute atomic E-state index is 0.0304. The van der Waals surface area contributed by atoms with Gasteiger partial charge in [-0.3, -0.25) is 9.78 Å². The van der Waals surface area contributed by atoms with E-state index in [1.54, 1.807) is 12.1 Å². The molecular formula is C25H20N2O5. The number of carbonyl (C=O) groups is 2. The second-order valence-corrected chi connectivity index (χ2v) is 6.94. The molecule has 0 radical (unpaired) electrons. The maximum Gasteiger partial charge on any atom is 0.339 e. The largest absolute Gasteiger partial charge is 0.465 e. The van der Waals surface area contributed by atoms with Crippen LogP contribution in [0, 0.1) is 0 Å². The highest BCUT2D eigenvalue weighted by molar-refractivity contribution is 5.92. The van der Waals surface area contributed by atoms with E-state index >= 15 is 0 Å². The molecule has 7 heteroatoms. The van der Waals surface area contributed by atoms with Crippen LogP contribution in [0.4, 0.5) is 0 Å². The standard InChI is InChI=1S/C25H20N2O5/c1-30-25(29)18-10-13-21(26-15-18)23-16-27-24(32-23)22(28)14-9-17-7-11-20(12-8-17)31-19-5-3-2-4-6-19/h2-8,10-13,15-16H,9,14H2,1H3. The first-order valence-electron chi connectivity index (χ1n) is 9.98. The summed E-state index contributed by atoms with van der Waals surface area (Å²) >= 11 is 0. The molecule has 7 nitrogen and oxygen atoms in total. The van der Waals surface area contributed by atoms with Crippen molar-refractivity contribution in [3.63, 3.8) is 0 Å². The summed E-state index contributed by atoms with van der Waals surface area (Å²) in [7, 11) is 1.30. The first-order chi connectivity index (χ1) is 15.6. The van der Waals surface area contributed by atoms with Crippen LogP contribution in [0.2, 0.25) is 0 Å². The van der Waals surface area contributed by atoms with Crippen LogP contribution in [0.15, 0.2) is 83.5 Å². The number of Topliss-reactive ketones (excluding diaryl/α,β-unsaturated/α-hetero) is 1. The number of methoxy groups -OCH3 is 1. The van der Waals surface area contributed by atoms with E-state index in [0.29, 0.717) is 23.4 Å². The predicted octanol–water partition coefficient (Wildman–Crippen LogP) is 5.13. The number of oxazole rings is 1. The molecule has 2 heterocycles. The first-order valence-corrected chi connectivity index (χ1v) is 9.98. The number of esters is 1. The number of ether oxygens (including phenoxy) is 2. The number of pyridine rings is 1. The number of rotatable bonds is 8. The summed E-state index contributed by atoms with van der Waals surface area (Å²) in [5, 5.41) is 0. The molecule has 2 aromatic carbocycles.